The summed E-state index contributed by atoms with van der Waals surface area (Å²) < 4.78 is 5.77. The third-order valence-corrected chi connectivity index (χ3v) is 3.88. The largest absolute Gasteiger partial charge is 0.373 e. The quantitative estimate of drug-likeness (QED) is 0.772. The first-order valence-electron chi connectivity index (χ1n) is 6.76. The molecule has 16 heavy (non-hydrogen) atoms. The summed E-state index contributed by atoms with van der Waals surface area (Å²) >= 11 is 0. The van der Waals surface area contributed by atoms with Crippen molar-refractivity contribution in [1.82, 2.24) is 10.2 Å². The molecule has 0 aliphatic carbocycles. The zero-order chi connectivity index (χ0) is 11.5. The summed E-state index contributed by atoms with van der Waals surface area (Å²) in [6, 6.07) is 0.686. The summed E-state index contributed by atoms with van der Waals surface area (Å²) in [7, 11) is 0. The van der Waals surface area contributed by atoms with E-state index in [1.54, 1.807) is 0 Å². The maximum Gasteiger partial charge on any atom is 0.0678 e. The van der Waals surface area contributed by atoms with Crippen LogP contribution in [0.15, 0.2) is 0 Å². The highest BCUT2D eigenvalue weighted by atomic mass is 16.5. The lowest BCUT2D eigenvalue weighted by molar-refractivity contribution is -0.0716. The van der Waals surface area contributed by atoms with Crippen LogP contribution in [0.1, 0.15) is 33.6 Å². The van der Waals surface area contributed by atoms with Crippen molar-refractivity contribution >= 4 is 0 Å². The normalized spacial score (nSPS) is 42.2. The molecule has 3 heteroatoms. The van der Waals surface area contributed by atoms with Crippen LogP contribution in [0.4, 0.5) is 0 Å². The van der Waals surface area contributed by atoms with Crippen molar-refractivity contribution < 1.29 is 4.74 Å². The zero-order valence-electron chi connectivity index (χ0n) is 10.9. The van der Waals surface area contributed by atoms with E-state index in [1.807, 2.05) is 0 Å². The molecule has 4 unspecified atom stereocenters. The number of rotatable bonds is 2. The Hall–Kier alpha value is -0.120. The Kier molecular flexibility index (Phi) is 4.22. The highest BCUT2D eigenvalue weighted by Crippen LogP contribution is 2.18. The molecule has 0 aromatic carbocycles. The van der Waals surface area contributed by atoms with E-state index in [9.17, 15) is 0 Å². The lowest BCUT2D eigenvalue weighted by Crippen LogP contribution is -2.53. The molecule has 0 radical (unpaired) electrons. The second-order valence-electron chi connectivity index (χ2n) is 5.66. The van der Waals surface area contributed by atoms with Crippen LogP contribution in [0.25, 0.3) is 0 Å². The van der Waals surface area contributed by atoms with Gasteiger partial charge in [0.25, 0.3) is 0 Å². The molecule has 2 aliphatic rings. The van der Waals surface area contributed by atoms with Gasteiger partial charge in [0.2, 0.25) is 0 Å². The fraction of sp³-hybridized carbons (Fsp3) is 1.00. The van der Waals surface area contributed by atoms with Gasteiger partial charge in [0, 0.05) is 25.7 Å². The summed E-state index contributed by atoms with van der Waals surface area (Å²) in [5, 5.41) is 3.66. The standard InChI is InChI=1S/C13H26N2O/c1-10-5-4-6-14-13(10)9-15-7-11(2)16-12(3)8-15/h10-14H,4-9H2,1-3H3. The number of hydrogen-bond donors (Lipinski definition) is 1. The molecule has 0 amide bonds. The maximum absolute atomic E-state index is 5.77. The molecule has 2 aliphatic heterocycles. The number of piperidine rings is 1. The van der Waals surface area contributed by atoms with Crippen molar-refractivity contribution in [3.8, 4) is 0 Å². The van der Waals surface area contributed by atoms with Gasteiger partial charge in [-0.05, 0) is 39.2 Å². The summed E-state index contributed by atoms with van der Waals surface area (Å²) in [6.45, 7) is 11.3. The minimum absolute atomic E-state index is 0.391. The second-order valence-corrected chi connectivity index (χ2v) is 5.66. The second kappa shape index (κ2) is 5.48. The van der Waals surface area contributed by atoms with E-state index in [1.165, 1.54) is 25.9 Å². The predicted molar refractivity (Wildman–Crippen MR) is 66.6 cm³/mol. The fourth-order valence-corrected chi connectivity index (χ4v) is 3.07. The molecule has 0 aromatic heterocycles. The summed E-state index contributed by atoms with van der Waals surface area (Å²) in [5.74, 6) is 0.821. The van der Waals surface area contributed by atoms with Crippen molar-refractivity contribution in [1.29, 1.82) is 0 Å². The van der Waals surface area contributed by atoms with E-state index in [0.29, 0.717) is 18.2 Å². The maximum atomic E-state index is 5.77. The number of nitrogens with zero attached hydrogens (tertiary/aromatic N) is 1. The molecule has 2 heterocycles. The van der Waals surface area contributed by atoms with Crippen LogP contribution in [0, 0.1) is 5.92 Å². The van der Waals surface area contributed by atoms with Gasteiger partial charge in [-0.25, -0.2) is 0 Å². The van der Waals surface area contributed by atoms with Gasteiger partial charge in [0.1, 0.15) is 0 Å². The van der Waals surface area contributed by atoms with E-state index >= 15 is 0 Å². The summed E-state index contributed by atoms with van der Waals surface area (Å²) in [6.07, 6.45) is 3.51. The first kappa shape index (κ1) is 12.3. The van der Waals surface area contributed by atoms with E-state index < -0.39 is 0 Å². The zero-order valence-corrected chi connectivity index (χ0v) is 10.9. The van der Waals surface area contributed by atoms with Crippen molar-refractivity contribution in [2.45, 2.75) is 51.9 Å². The van der Waals surface area contributed by atoms with Gasteiger partial charge in [-0.3, -0.25) is 4.90 Å². The average molecular weight is 226 g/mol. The van der Waals surface area contributed by atoms with E-state index in [0.717, 1.165) is 19.0 Å². The third-order valence-electron chi connectivity index (χ3n) is 3.88. The number of hydrogen-bond acceptors (Lipinski definition) is 3. The Labute approximate surface area is 99.5 Å². The Morgan fingerprint density at radius 3 is 2.50 bits per heavy atom. The Bertz CT molecular complexity index is 212. The van der Waals surface area contributed by atoms with Gasteiger partial charge in [-0.15, -0.1) is 0 Å². The van der Waals surface area contributed by atoms with Crippen LogP contribution < -0.4 is 5.32 Å². The monoisotopic (exact) mass is 226 g/mol. The topological polar surface area (TPSA) is 24.5 Å². The molecule has 94 valence electrons. The SMILES string of the molecule is CC1CN(CC2NCCCC2C)CC(C)O1. The van der Waals surface area contributed by atoms with Crippen LogP contribution in [-0.4, -0.2) is 49.3 Å². The minimum atomic E-state index is 0.391. The van der Waals surface area contributed by atoms with Gasteiger partial charge in [0.05, 0.1) is 12.2 Å². The molecule has 0 spiro atoms. The molecule has 3 nitrogen and oxygen atoms in total. The van der Waals surface area contributed by atoms with Crippen LogP contribution >= 0.6 is 0 Å². The van der Waals surface area contributed by atoms with Crippen molar-refractivity contribution in [2.75, 3.05) is 26.2 Å². The fourth-order valence-electron chi connectivity index (χ4n) is 3.07. The molecule has 2 fully saturated rings. The Morgan fingerprint density at radius 1 is 1.19 bits per heavy atom. The smallest absolute Gasteiger partial charge is 0.0678 e. The summed E-state index contributed by atoms with van der Waals surface area (Å²) in [4.78, 5) is 2.57. The van der Waals surface area contributed by atoms with Gasteiger partial charge in [0.15, 0.2) is 0 Å². The van der Waals surface area contributed by atoms with Crippen molar-refractivity contribution in [3.63, 3.8) is 0 Å². The highest BCUT2D eigenvalue weighted by molar-refractivity contribution is 4.84. The Morgan fingerprint density at radius 2 is 1.88 bits per heavy atom. The number of morpholine rings is 1. The van der Waals surface area contributed by atoms with Crippen LogP contribution in [0.2, 0.25) is 0 Å². The van der Waals surface area contributed by atoms with Crippen molar-refractivity contribution in [3.05, 3.63) is 0 Å². The van der Waals surface area contributed by atoms with Gasteiger partial charge < -0.3 is 10.1 Å². The van der Waals surface area contributed by atoms with Crippen LogP contribution in [0.5, 0.6) is 0 Å². The molecule has 2 rings (SSSR count). The average Bonchev–Trinajstić information content (AvgIpc) is 2.20. The first-order chi connectivity index (χ1) is 7.65. The lowest BCUT2D eigenvalue weighted by atomic mass is 9.92. The van der Waals surface area contributed by atoms with E-state index in [-0.39, 0.29) is 0 Å². The van der Waals surface area contributed by atoms with E-state index in [2.05, 4.69) is 31.0 Å². The molecule has 0 bridgehead atoms. The number of nitrogens with one attached hydrogen (secondary N) is 1. The molecule has 2 saturated heterocycles. The van der Waals surface area contributed by atoms with Crippen LogP contribution in [0.3, 0.4) is 0 Å². The van der Waals surface area contributed by atoms with Gasteiger partial charge in [-0.2, -0.15) is 0 Å². The first-order valence-corrected chi connectivity index (χ1v) is 6.76. The highest BCUT2D eigenvalue weighted by Gasteiger charge is 2.27. The number of ether oxygens (including phenoxy) is 1. The lowest BCUT2D eigenvalue weighted by Gasteiger charge is -2.40. The Balaban J connectivity index is 1.83. The molecular weight excluding hydrogens is 200 g/mol. The van der Waals surface area contributed by atoms with Crippen LogP contribution in [-0.2, 0) is 4.74 Å². The molecule has 4 atom stereocenters. The summed E-state index contributed by atoms with van der Waals surface area (Å²) in [5.41, 5.74) is 0. The molecule has 0 saturated carbocycles. The van der Waals surface area contributed by atoms with Gasteiger partial charge in [-0.1, -0.05) is 6.92 Å². The minimum Gasteiger partial charge on any atom is -0.373 e. The molecular formula is C13H26N2O. The van der Waals surface area contributed by atoms with E-state index in [4.69, 9.17) is 4.74 Å². The third kappa shape index (κ3) is 3.19. The van der Waals surface area contributed by atoms with Gasteiger partial charge >= 0.3 is 0 Å². The predicted octanol–water partition coefficient (Wildman–Crippen LogP) is 1.48. The van der Waals surface area contributed by atoms with Crippen molar-refractivity contribution in [2.24, 2.45) is 5.92 Å². The molecule has 1 N–H and O–H groups in total. The molecule has 0 aromatic rings.